The van der Waals surface area contributed by atoms with Crippen molar-refractivity contribution < 1.29 is 9.53 Å². The summed E-state index contributed by atoms with van der Waals surface area (Å²) in [4.78, 5) is 14.0. The van der Waals surface area contributed by atoms with Crippen molar-refractivity contribution in [1.29, 1.82) is 0 Å². The van der Waals surface area contributed by atoms with Gasteiger partial charge in [0.1, 0.15) is 0 Å². The van der Waals surface area contributed by atoms with Gasteiger partial charge in [-0.25, -0.2) is 0 Å². The number of morpholine rings is 1. The second kappa shape index (κ2) is 8.42. The number of hydrogen-bond acceptors (Lipinski definition) is 4. The van der Waals surface area contributed by atoms with E-state index in [2.05, 4.69) is 21.5 Å². The van der Waals surface area contributed by atoms with Gasteiger partial charge in [-0.2, -0.15) is 0 Å². The zero-order valence-electron chi connectivity index (χ0n) is 12.1. The van der Waals surface area contributed by atoms with Crippen LogP contribution in [0.5, 0.6) is 0 Å². The maximum absolute atomic E-state index is 11.6. The molecule has 5 nitrogen and oxygen atoms in total. The molecule has 0 unspecified atom stereocenters. The minimum atomic E-state index is -0.0915. The van der Waals surface area contributed by atoms with Crippen molar-refractivity contribution in [1.82, 2.24) is 10.2 Å². The lowest BCUT2D eigenvalue weighted by Gasteiger charge is -2.26. The van der Waals surface area contributed by atoms with Crippen molar-refractivity contribution in [2.45, 2.75) is 6.54 Å². The van der Waals surface area contributed by atoms with Crippen LogP contribution in [0.4, 0.5) is 5.69 Å². The third-order valence-electron chi connectivity index (χ3n) is 3.26. The van der Waals surface area contributed by atoms with Gasteiger partial charge in [-0.15, -0.1) is 6.42 Å². The van der Waals surface area contributed by atoms with Gasteiger partial charge in [-0.3, -0.25) is 15.0 Å². The van der Waals surface area contributed by atoms with Crippen LogP contribution in [0.2, 0.25) is 0 Å². The van der Waals surface area contributed by atoms with Crippen LogP contribution in [0.15, 0.2) is 24.3 Å². The molecule has 1 amide bonds. The van der Waals surface area contributed by atoms with E-state index in [0.29, 0.717) is 6.54 Å². The summed E-state index contributed by atoms with van der Waals surface area (Å²) in [6.45, 7) is 5.09. The maximum atomic E-state index is 11.6. The topological polar surface area (TPSA) is 53.6 Å². The van der Waals surface area contributed by atoms with Crippen LogP contribution in [0, 0.1) is 12.3 Å². The lowest BCUT2D eigenvalue weighted by molar-refractivity contribution is -0.115. The van der Waals surface area contributed by atoms with E-state index in [9.17, 15) is 4.79 Å². The number of amides is 1. The highest BCUT2D eigenvalue weighted by Crippen LogP contribution is 2.12. The normalized spacial score (nSPS) is 15.4. The summed E-state index contributed by atoms with van der Waals surface area (Å²) in [5.41, 5.74) is 2.04. The van der Waals surface area contributed by atoms with Gasteiger partial charge in [0, 0.05) is 25.3 Å². The van der Waals surface area contributed by atoms with Crippen LogP contribution in [0.1, 0.15) is 5.56 Å². The molecule has 5 heteroatoms. The molecule has 0 spiro atoms. The van der Waals surface area contributed by atoms with Crippen LogP contribution in [0.3, 0.4) is 0 Å². The Labute approximate surface area is 125 Å². The molecule has 21 heavy (non-hydrogen) atoms. The predicted octanol–water partition coefficient (Wildman–Crippen LogP) is 0.680. The second-order valence-electron chi connectivity index (χ2n) is 4.94. The smallest absolute Gasteiger partial charge is 0.238 e. The Morgan fingerprint density at radius 2 is 2.00 bits per heavy atom. The quantitative estimate of drug-likeness (QED) is 0.597. The van der Waals surface area contributed by atoms with Crippen molar-refractivity contribution in [3.8, 4) is 12.3 Å². The average Bonchev–Trinajstić information content (AvgIpc) is 2.51. The summed E-state index contributed by atoms with van der Waals surface area (Å²) >= 11 is 0. The summed E-state index contributed by atoms with van der Waals surface area (Å²) in [5, 5.41) is 5.68. The minimum Gasteiger partial charge on any atom is -0.379 e. The van der Waals surface area contributed by atoms with Crippen LogP contribution in [-0.2, 0) is 16.1 Å². The molecule has 0 radical (unpaired) electrons. The lowest BCUT2D eigenvalue weighted by atomic mass is 10.2. The third kappa shape index (κ3) is 5.56. The van der Waals surface area contributed by atoms with E-state index in [0.717, 1.165) is 38.5 Å². The highest BCUT2D eigenvalue weighted by Gasteiger charge is 2.10. The van der Waals surface area contributed by atoms with Gasteiger partial charge in [0.25, 0.3) is 0 Å². The number of hydrogen-bond donors (Lipinski definition) is 2. The number of carbonyl (C=O) groups excluding carboxylic acids is 1. The molecule has 0 bridgehead atoms. The minimum absolute atomic E-state index is 0.0915. The zero-order chi connectivity index (χ0) is 14.9. The molecule has 1 aliphatic rings. The molecule has 1 saturated heterocycles. The first-order valence-electron chi connectivity index (χ1n) is 7.11. The number of benzene rings is 1. The van der Waals surface area contributed by atoms with E-state index in [1.807, 2.05) is 24.3 Å². The predicted molar refractivity (Wildman–Crippen MR) is 82.9 cm³/mol. The van der Waals surface area contributed by atoms with Crippen LogP contribution in [-0.4, -0.2) is 50.2 Å². The molecule has 2 rings (SSSR count). The first kappa shape index (κ1) is 15.5. The molecule has 0 aromatic heterocycles. The Bertz CT molecular complexity index is 487. The third-order valence-corrected chi connectivity index (χ3v) is 3.26. The van der Waals surface area contributed by atoms with E-state index in [4.69, 9.17) is 11.2 Å². The molecule has 0 aliphatic carbocycles. The summed E-state index contributed by atoms with van der Waals surface area (Å²) in [6.07, 6.45) is 5.10. The number of terminal acetylenes is 1. The Kier molecular flexibility index (Phi) is 6.22. The molecular weight excluding hydrogens is 266 g/mol. The van der Waals surface area contributed by atoms with E-state index in [1.165, 1.54) is 5.56 Å². The summed E-state index contributed by atoms with van der Waals surface area (Å²) in [5.74, 6) is 2.34. The molecule has 1 aliphatic heterocycles. The number of anilines is 1. The van der Waals surface area contributed by atoms with E-state index in [1.54, 1.807) is 0 Å². The highest BCUT2D eigenvalue weighted by atomic mass is 16.5. The monoisotopic (exact) mass is 287 g/mol. The SMILES string of the molecule is C#CCNCC(=O)Nc1ccc(CN2CCOCC2)cc1. The zero-order valence-corrected chi connectivity index (χ0v) is 12.1. The van der Waals surface area contributed by atoms with Crippen molar-refractivity contribution in [3.63, 3.8) is 0 Å². The first-order chi connectivity index (χ1) is 10.3. The van der Waals surface area contributed by atoms with Gasteiger partial charge in [0.05, 0.1) is 26.3 Å². The highest BCUT2D eigenvalue weighted by molar-refractivity contribution is 5.92. The van der Waals surface area contributed by atoms with Crippen LogP contribution in [0.25, 0.3) is 0 Å². The van der Waals surface area contributed by atoms with Crippen molar-refractivity contribution in [2.24, 2.45) is 0 Å². The van der Waals surface area contributed by atoms with Crippen molar-refractivity contribution in [2.75, 3.05) is 44.7 Å². The molecule has 1 aromatic carbocycles. The van der Waals surface area contributed by atoms with E-state index in [-0.39, 0.29) is 12.5 Å². The summed E-state index contributed by atoms with van der Waals surface area (Å²) in [7, 11) is 0. The average molecular weight is 287 g/mol. The number of nitrogens with zero attached hydrogens (tertiary/aromatic N) is 1. The largest absolute Gasteiger partial charge is 0.379 e. The number of rotatable bonds is 6. The first-order valence-corrected chi connectivity index (χ1v) is 7.11. The summed E-state index contributed by atoms with van der Waals surface area (Å²) < 4.78 is 5.33. The lowest BCUT2D eigenvalue weighted by Crippen LogP contribution is -2.35. The van der Waals surface area contributed by atoms with Gasteiger partial charge >= 0.3 is 0 Å². The Hall–Kier alpha value is -1.87. The number of nitrogens with one attached hydrogen (secondary N) is 2. The number of ether oxygens (including phenoxy) is 1. The fourth-order valence-corrected chi connectivity index (χ4v) is 2.16. The van der Waals surface area contributed by atoms with E-state index < -0.39 is 0 Å². The van der Waals surface area contributed by atoms with Gasteiger partial charge in [0.15, 0.2) is 0 Å². The standard InChI is InChI=1S/C16H21N3O2/c1-2-7-17-12-16(20)18-15-5-3-14(4-6-15)13-19-8-10-21-11-9-19/h1,3-6,17H,7-13H2,(H,18,20). The molecule has 1 heterocycles. The van der Waals surface area contributed by atoms with Crippen molar-refractivity contribution >= 4 is 11.6 Å². The van der Waals surface area contributed by atoms with Crippen molar-refractivity contribution in [3.05, 3.63) is 29.8 Å². The second-order valence-corrected chi connectivity index (χ2v) is 4.94. The number of carbonyl (C=O) groups is 1. The van der Waals surface area contributed by atoms with Crippen LogP contribution < -0.4 is 10.6 Å². The van der Waals surface area contributed by atoms with Gasteiger partial charge in [-0.1, -0.05) is 18.1 Å². The summed E-state index contributed by atoms with van der Waals surface area (Å²) in [6, 6.07) is 7.93. The van der Waals surface area contributed by atoms with Gasteiger partial charge in [0.2, 0.25) is 5.91 Å². The maximum Gasteiger partial charge on any atom is 0.238 e. The van der Waals surface area contributed by atoms with Gasteiger partial charge in [-0.05, 0) is 17.7 Å². The van der Waals surface area contributed by atoms with Crippen LogP contribution >= 0.6 is 0 Å². The Morgan fingerprint density at radius 1 is 1.29 bits per heavy atom. The fraction of sp³-hybridized carbons (Fsp3) is 0.438. The molecule has 112 valence electrons. The molecule has 1 aromatic rings. The fourth-order valence-electron chi connectivity index (χ4n) is 2.16. The molecule has 0 atom stereocenters. The molecule has 1 fully saturated rings. The Balaban J connectivity index is 1.78. The molecule has 2 N–H and O–H groups in total. The Morgan fingerprint density at radius 3 is 2.67 bits per heavy atom. The van der Waals surface area contributed by atoms with E-state index >= 15 is 0 Å². The molecule has 0 saturated carbocycles. The van der Waals surface area contributed by atoms with Gasteiger partial charge < -0.3 is 10.1 Å². The molecular formula is C16H21N3O2.